The van der Waals surface area contributed by atoms with Crippen molar-refractivity contribution in [3.63, 3.8) is 0 Å². The lowest BCUT2D eigenvalue weighted by atomic mass is 9.95. The molecular formula is C13H11N3O3. The lowest BCUT2D eigenvalue weighted by Crippen LogP contribution is -2.39. The molecule has 19 heavy (non-hydrogen) atoms. The molecule has 3 heterocycles. The smallest absolute Gasteiger partial charge is 0.235 e. The Morgan fingerprint density at radius 1 is 1.42 bits per heavy atom. The van der Waals surface area contributed by atoms with Gasteiger partial charge in [-0.05, 0) is 24.6 Å². The highest BCUT2D eigenvalue weighted by molar-refractivity contribution is 6.01. The molecule has 3 rings (SSSR count). The number of fused-ring (bicyclic) bond motifs is 1. The highest BCUT2D eigenvalue weighted by Crippen LogP contribution is 2.25. The van der Waals surface area contributed by atoms with Crippen molar-refractivity contribution in [1.82, 2.24) is 14.9 Å². The van der Waals surface area contributed by atoms with Gasteiger partial charge in [-0.1, -0.05) is 0 Å². The normalized spacial score (nSPS) is 19.5. The molecule has 0 aliphatic carbocycles. The van der Waals surface area contributed by atoms with Gasteiger partial charge < -0.3 is 0 Å². The van der Waals surface area contributed by atoms with Gasteiger partial charge in [-0.3, -0.25) is 19.7 Å². The number of hydrogen-bond acceptors (Lipinski definition) is 4. The highest BCUT2D eigenvalue weighted by Gasteiger charge is 2.30. The van der Waals surface area contributed by atoms with E-state index in [1.165, 1.54) is 0 Å². The molecule has 2 aromatic heterocycles. The van der Waals surface area contributed by atoms with Gasteiger partial charge in [-0.2, -0.15) is 5.10 Å². The van der Waals surface area contributed by atoms with E-state index >= 15 is 0 Å². The van der Waals surface area contributed by atoms with Gasteiger partial charge in [-0.15, -0.1) is 0 Å². The second-order valence-corrected chi connectivity index (χ2v) is 4.48. The quantitative estimate of drug-likeness (QED) is 0.633. The topological polar surface area (TPSA) is 80.5 Å². The number of aldehydes is 1. The summed E-state index contributed by atoms with van der Waals surface area (Å²) in [6, 6.07) is 5.14. The maximum atomic E-state index is 11.8. The van der Waals surface area contributed by atoms with Crippen molar-refractivity contribution >= 4 is 23.6 Å². The Morgan fingerprint density at radius 3 is 3.00 bits per heavy atom. The molecule has 1 unspecified atom stereocenters. The number of carbonyl (C=O) groups is 3. The Hall–Kier alpha value is -2.50. The molecule has 0 spiro atoms. The summed E-state index contributed by atoms with van der Waals surface area (Å²) in [5, 5.41) is 6.61. The minimum atomic E-state index is -0.433. The molecule has 1 aliphatic rings. The third-order valence-electron chi connectivity index (χ3n) is 3.28. The zero-order valence-electron chi connectivity index (χ0n) is 10.00. The largest absolute Gasteiger partial charge is 0.298 e. The summed E-state index contributed by atoms with van der Waals surface area (Å²) in [5.41, 5.74) is 1.77. The molecular weight excluding hydrogens is 246 g/mol. The van der Waals surface area contributed by atoms with Crippen LogP contribution in [0, 0.1) is 0 Å². The first kappa shape index (κ1) is 11.6. The number of nitrogens with one attached hydrogen (secondary N) is 1. The van der Waals surface area contributed by atoms with Crippen LogP contribution in [0.3, 0.4) is 0 Å². The van der Waals surface area contributed by atoms with Crippen molar-refractivity contribution in [3.05, 3.63) is 35.7 Å². The van der Waals surface area contributed by atoms with Crippen LogP contribution in [-0.4, -0.2) is 27.7 Å². The van der Waals surface area contributed by atoms with Crippen molar-refractivity contribution in [2.45, 2.75) is 18.8 Å². The van der Waals surface area contributed by atoms with Crippen LogP contribution >= 0.6 is 0 Å². The van der Waals surface area contributed by atoms with Crippen molar-refractivity contribution in [2.24, 2.45) is 0 Å². The summed E-state index contributed by atoms with van der Waals surface area (Å²) in [6.45, 7) is 0. The van der Waals surface area contributed by atoms with Crippen LogP contribution in [0.5, 0.6) is 0 Å². The third kappa shape index (κ3) is 1.91. The minimum Gasteiger partial charge on any atom is -0.298 e. The molecule has 1 atom stereocenters. The molecule has 0 bridgehead atoms. The predicted octanol–water partition coefficient (Wildman–Crippen LogP) is 0.667. The Bertz CT molecular complexity index is 689. The van der Waals surface area contributed by atoms with E-state index in [1.807, 2.05) is 0 Å². The number of aromatic nitrogens is 2. The number of carbonyl (C=O) groups excluding carboxylic acids is 3. The molecule has 1 N–H and O–H groups in total. The van der Waals surface area contributed by atoms with Crippen LogP contribution in [0.25, 0.3) is 5.52 Å². The fourth-order valence-corrected chi connectivity index (χ4v) is 2.30. The van der Waals surface area contributed by atoms with E-state index in [0.717, 1.165) is 6.29 Å². The number of piperidine rings is 1. The summed E-state index contributed by atoms with van der Waals surface area (Å²) in [4.78, 5) is 33.9. The molecule has 6 nitrogen and oxygen atoms in total. The summed E-state index contributed by atoms with van der Waals surface area (Å²) in [6.07, 6.45) is 3.23. The molecule has 2 aromatic rings. The second-order valence-electron chi connectivity index (χ2n) is 4.48. The zero-order valence-corrected chi connectivity index (χ0v) is 10.00. The molecule has 1 fully saturated rings. The van der Waals surface area contributed by atoms with Crippen LogP contribution in [0.4, 0.5) is 0 Å². The Morgan fingerprint density at radius 2 is 2.26 bits per heavy atom. The lowest BCUT2D eigenvalue weighted by Gasteiger charge is -2.18. The molecule has 96 valence electrons. The molecule has 2 amide bonds. The van der Waals surface area contributed by atoms with Crippen LogP contribution < -0.4 is 5.32 Å². The fourth-order valence-electron chi connectivity index (χ4n) is 2.30. The van der Waals surface area contributed by atoms with Gasteiger partial charge in [0.15, 0.2) is 6.29 Å². The fraction of sp³-hybridized carbons (Fsp3) is 0.231. The van der Waals surface area contributed by atoms with Crippen molar-refractivity contribution < 1.29 is 14.4 Å². The third-order valence-corrected chi connectivity index (χ3v) is 3.28. The van der Waals surface area contributed by atoms with E-state index in [2.05, 4.69) is 10.4 Å². The molecule has 0 radical (unpaired) electrons. The van der Waals surface area contributed by atoms with Crippen LogP contribution in [-0.2, 0) is 9.59 Å². The van der Waals surface area contributed by atoms with Gasteiger partial charge in [0.1, 0.15) is 0 Å². The first-order valence-corrected chi connectivity index (χ1v) is 5.96. The van der Waals surface area contributed by atoms with Gasteiger partial charge in [0, 0.05) is 18.2 Å². The predicted molar refractivity (Wildman–Crippen MR) is 65.7 cm³/mol. The van der Waals surface area contributed by atoms with Crippen molar-refractivity contribution in [2.75, 3.05) is 0 Å². The average Bonchev–Trinajstić information content (AvgIpc) is 2.81. The summed E-state index contributed by atoms with van der Waals surface area (Å²) < 4.78 is 1.57. The Kier molecular flexibility index (Phi) is 2.63. The van der Waals surface area contributed by atoms with E-state index in [9.17, 15) is 14.4 Å². The van der Waals surface area contributed by atoms with E-state index in [1.54, 1.807) is 28.9 Å². The zero-order chi connectivity index (χ0) is 13.4. The molecule has 6 heteroatoms. The van der Waals surface area contributed by atoms with E-state index < -0.39 is 5.92 Å². The van der Waals surface area contributed by atoms with Crippen LogP contribution in [0.15, 0.2) is 24.4 Å². The molecule has 1 aliphatic heterocycles. The molecule has 0 saturated carbocycles. The number of hydrogen-bond donors (Lipinski definition) is 1. The van der Waals surface area contributed by atoms with Crippen molar-refractivity contribution in [1.29, 1.82) is 0 Å². The maximum absolute atomic E-state index is 11.8. The van der Waals surface area contributed by atoms with Crippen molar-refractivity contribution in [3.8, 4) is 0 Å². The second kappa shape index (κ2) is 4.31. The number of imide groups is 1. The van der Waals surface area contributed by atoms with Gasteiger partial charge >= 0.3 is 0 Å². The van der Waals surface area contributed by atoms with E-state index in [-0.39, 0.29) is 11.8 Å². The first-order chi connectivity index (χ1) is 9.19. The Labute approximate surface area is 108 Å². The van der Waals surface area contributed by atoms with E-state index in [0.29, 0.717) is 29.6 Å². The SMILES string of the molecule is O=Cc1cccn2nc(C3CCC(=O)NC3=O)cc12. The standard InChI is InChI=1S/C13H11N3O3/c17-7-8-2-1-5-16-11(8)6-10(15-16)9-3-4-12(18)14-13(9)19/h1-2,5-7,9H,3-4H2,(H,14,18,19). The summed E-state index contributed by atoms with van der Waals surface area (Å²) >= 11 is 0. The monoisotopic (exact) mass is 257 g/mol. The summed E-state index contributed by atoms with van der Waals surface area (Å²) in [5.74, 6) is -1.01. The van der Waals surface area contributed by atoms with Crippen LogP contribution in [0.1, 0.15) is 34.8 Å². The average molecular weight is 257 g/mol. The number of amides is 2. The maximum Gasteiger partial charge on any atom is 0.235 e. The minimum absolute atomic E-state index is 0.251. The Balaban J connectivity index is 2.04. The molecule has 0 aromatic carbocycles. The first-order valence-electron chi connectivity index (χ1n) is 5.96. The molecule has 1 saturated heterocycles. The van der Waals surface area contributed by atoms with Gasteiger partial charge in [-0.25, -0.2) is 4.52 Å². The van der Waals surface area contributed by atoms with Gasteiger partial charge in [0.05, 0.1) is 17.1 Å². The van der Waals surface area contributed by atoms with Crippen LogP contribution in [0.2, 0.25) is 0 Å². The summed E-state index contributed by atoms with van der Waals surface area (Å²) in [7, 11) is 0. The highest BCUT2D eigenvalue weighted by atomic mass is 16.2. The lowest BCUT2D eigenvalue weighted by molar-refractivity contribution is -0.134. The number of pyridine rings is 1. The van der Waals surface area contributed by atoms with E-state index in [4.69, 9.17) is 0 Å². The number of nitrogens with zero attached hydrogens (tertiary/aromatic N) is 2. The van der Waals surface area contributed by atoms with Gasteiger partial charge in [0.25, 0.3) is 0 Å². The van der Waals surface area contributed by atoms with Gasteiger partial charge in [0.2, 0.25) is 11.8 Å². The number of rotatable bonds is 2.